The second kappa shape index (κ2) is 7.05. The first kappa shape index (κ1) is 18.3. The molecule has 5 heterocycles. The van der Waals surface area contributed by atoms with Crippen molar-refractivity contribution in [3.63, 3.8) is 0 Å². The minimum Gasteiger partial charge on any atom is -0.488 e. The monoisotopic (exact) mass is 432 g/mol. The topological polar surface area (TPSA) is 76.4 Å². The van der Waals surface area contributed by atoms with E-state index in [-0.39, 0.29) is 5.91 Å². The number of benzene rings is 1. The van der Waals surface area contributed by atoms with Gasteiger partial charge in [-0.3, -0.25) is 9.48 Å². The molecule has 31 heavy (non-hydrogen) atoms. The molecule has 2 aliphatic heterocycles. The highest BCUT2D eigenvalue weighted by Crippen LogP contribution is 2.42. The highest BCUT2D eigenvalue weighted by Gasteiger charge is 2.28. The summed E-state index contributed by atoms with van der Waals surface area (Å²) in [6.07, 6.45) is 3.38. The van der Waals surface area contributed by atoms with Crippen molar-refractivity contribution in [2.45, 2.75) is 6.61 Å². The number of hydrogen-bond acceptors (Lipinski definition) is 7. The SMILES string of the molecule is Cn1ncc2c(N3CCN(C(=O)c4cc5c(s4)-c4ccccc4OC5)CC3)ncnc21. The number of carbonyl (C=O) groups excluding carboxylic acids is 1. The Kier molecular flexibility index (Phi) is 4.17. The maximum atomic E-state index is 13.2. The van der Waals surface area contributed by atoms with Crippen LogP contribution >= 0.6 is 11.3 Å². The van der Waals surface area contributed by atoms with Crippen LogP contribution in [-0.2, 0) is 13.7 Å². The van der Waals surface area contributed by atoms with E-state index < -0.39 is 0 Å². The molecule has 0 N–H and O–H groups in total. The van der Waals surface area contributed by atoms with Crippen molar-refractivity contribution in [3.05, 3.63) is 53.3 Å². The van der Waals surface area contributed by atoms with Gasteiger partial charge in [0.1, 0.15) is 24.5 Å². The van der Waals surface area contributed by atoms with E-state index in [9.17, 15) is 4.79 Å². The highest BCUT2D eigenvalue weighted by atomic mass is 32.1. The number of thiophene rings is 1. The summed E-state index contributed by atoms with van der Waals surface area (Å²) in [7, 11) is 1.87. The summed E-state index contributed by atoms with van der Waals surface area (Å²) in [4.78, 5) is 28.1. The van der Waals surface area contributed by atoms with Crippen molar-refractivity contribution in [3.8, 4) is 16.2 Å². The Hall–Kier alpha value is -3.46. The Balaban J connectivity index is 1.21. The smallest absolute Gasteiger partial charge is 0.264 e. The Morgan fingerprint density at radius 3 is 2.84 bits per heavy atom. The molecule has 6 rings (SSSR count). The molecule has 0 unspecified atom stereocenters. The van der Waals surface area contributed by atoms with Crippen LogP contribution in [0.1, 0.15) is 15.2 Å². The van der Waals surface area contributed by atoms with Crippen LogP contribution in [0.15, 0.2) is 42.9 Å². The van der Waals surface area contributed by atoms with E-state index in [4.69, 9.17) is 4.74 Å². The number of piperazine rings is 1. The summed E-state index contributed by atoms with van der Waals surface area (Å²) >= 11 is 1.57. The summed E-state index contributed by atoms with van der Waals surface area (Å²) in [5.74, 6) is 1.85. The maximum Gasteiger partial charge on any atom is 0.264 e. The molecule has 0 bridgehead atoms. The quantitative estimate of drug-likeness (QED) is 0.485. The van der Waals surface area contributed by atoms with Crippen molar-refractivity contribution in [1.29, 1.82) is 0 Å². The van der Waals surface area contributed by atoms with E-state index in [1.54, 1.807) is 28.5 Å². The van der Waals surface area contributed by atoms with Crippen molar-refractivity contribution in [2.24, 2.45) is 7.05 Å². The van der Waals surface area contributed by atoms with E-state index in [1.165, 1.54) is 0 Å². The van der Waals surface area contributed by atoms with Gasteiger partial charge in [-0.15, -0.1) is 11.3 Å². The van der Waals surface area contributed by atoms with Gasteiger partial charge in [-0.25, -0.2) is 9.97 Å². The molecule has 0 saturated carbocycles. The van der Waals surface area contributed by atoms with E-state index in [0.29, 0.717) is 19.7 Å². The molecule has 0 atom stereocenters. The van der Waals surface area contributed by atoms with E-state index >= 15 is 0 Å². The molecule has 0 spiro atoms. The van der Waals surface area contributed by atoms with Gasteiger partial charge in [0.25, 0.3) is 5.91 Å². The Morgan fingerprint density at radius 2 is 1.97 bits per heavy atom. The standard InChI is InChI=1S/C22H20N6O2S/c1-26-20-16(11-25-26)21(24-13-23-20)27-6-8-28(9-7-27)22(29)18-10-14-12-30-17-5-3-2-4-15(17)19(14)31-18/h2-5,10-11,13H,6-9,12H2,1H3. The number of ether oxygens (including phenoxy) is 1. The Labute approximate surface area is 182 Å². The molecule has 0 radical (unpaired) electrons. The van der Waals surface area contributed by atoms with Crippen LogP contribution in [0.25, 0.3) is 21.5 Å². The van der Waals surface area contributed by atoms with Gasteiger partial charge in [0.2, 0.25) is 0 Å². The maximum absolute atomic E-state index is 13.2. The van der Waals surface area contributed by atoms with Gasteiger partial charge in [0.05, 0.1) is 16.5 Å². The summed E-state index contributed by atoms with van der Waals surface area (Å²) in [6.45, 7) is 3.27. The first-order chi connectivity index (χ1) is 15.2. The zero-order valence-electron chi connectivity index (χ0n) is 17.0. The van der Waals surface area contributed by atoms with Crippen LogP contribution in [-0.4, -0.2) is 56.7 Å². The van der Waals surface area contributed by atoms with Gasteiger partial charge < -0.3 is 14.5 Å². The highest BCUT2D eigenvalue weighted by molar-refractivity contribution is 7.17. The number of aryl methyl sites for hydroxylation is 1. The summed E-state index contributed by atoms with van der Waals surface area (Å²) in [5, 5.41) is 5.24. The first-order valence-electron chi connectivity index (χ1n) is 10.2. The lowest BCUT2D eigenvalue weighted by Crippen LogP contribution is -2.49. The fraction of sp³-hybridized carbons (Fsp3) is 0.273. The van der Waals surface area contributed by atoms with Crippen LogP contribution in [0, 0.1) is 0 Å². The molecule has 8 nitrogen and oxygen atoms in total. The van der Waals surface area contributed by atoms with Crippen molar-refractivity contribution >= 4 is 34.1 Å². The fourth-order valence-corrected chi connectivity index (χ4v) is 5.45. The number of para-hydroxylation sites is 1. The van der Waals surface area contributed by atoms with Crippen LogP contribution in [0.2, 0.25) is 0 Å². The zero-order chi connectivity index (χ0) is 20.9. The third kappa shape index (κ3) is 2.96. The third-order valence-corrected chi connectivity index (χ3v) is 7.11. The molecular weight excluding hydrogens is 412 g/mol. The lowest BCUT2D eigenvalue weighted by molar-refractivity contribution is 0.0751. The average Bonchev–Trinajstić information content (AvgIpc) is 3.43. The minimum atomic E-state index is 0.0887. The Morgan fingerprint density at radius 1 is 1.13 bits per heavy atom. The van der Waals surface area contributed by atoms with Gasteiger partial charge in [0.15, 0.2) is 5.65 Å². The lowest BCUT2D eigenvalue weighted by atomic mass is 10.1. The predicted octanol–water partition coefficient (Wildman–Crippen LogP) is 2.95. The molecule has 9 heteroatoms. The molecule has 156 valence electrons. The summed E-state index contributed by atoms with van der Waals surface area (Å²) in [5.41, 5.74) is 2.97. The minimum absolute atomic E-state index is 0.0887. The largest absolute Gasteiger partial charge is 0.488 e. The van der Waals surface area contributed by atoms with Crippen LogP contribution in [0.4, 0.5) is 5.82 Å². The summed E-state index contributed by atoms with van der Waals surface area (Å²) in [6, 6.07) is 10.0. The molecule has 3 aromatic heterocycles. The number of carbonyl (C=O) groups is 1. The lowest BCUT2D eigenvalue weighted by Gasteiger charge is -2.35. The van der Waals surface area contributed by atoms with Crippen molar-refractivity contribution in [1.82, 2.24) is 24.6 Å². The number of amides is 1. The van der Waals surface area contributed by atoms with Gasteiger partial charge in [-0.2, -0.15) is 5.10 Å². The van der Waals surface area contributed by atoms with Gasteiger partial charge in [0, 0.05) is 49.2 Å². The number of anilines is 1. The number of aromatic nitrogens is 4. The van der Waals surface area contributed by atoms with Crippen LogP contribution in [0.5, 0.6) is 5.75 Å². The fourth-order valence-electron chi connectivity index (χ4n) is 4.28. The zero-order valence-corrected chi connectivity index (χ0v) is 17.8. The van der Waals surface area contributed by atoms with Crippen LogP contribution < -0.4 is 9.64 Å². The first-order valence-corrected chi connectivity index (χ1v) is 11.0. The van der Waals surface area contributed by atoms with E-state index in [0.717, 1.165) is 56.6 Å². The molecule has 0 aliphatic carbocycles. The number of fused-ring (bicyclic) bond motifs is 4. The van der Waals surface area contributed by atoms with Crippen LogP contribution in [0.3, 0.4) is 0 Å². The molecule has 1 aromatic carbocycles. The molecule has 1 amide bonds. The van der Waals surface area contributed by atoms with Crippen molar-refractivity contribution in [2.75, 3.05) is 31.1 Å². The Bertz CT molecular complexity index is 1300. The molecule has 2 aliphatic rings. The second-order valence-corrected chi connectivity index (χ2v) is 8.78. The van der Waals surface area contributed by atoms with Crippen molar-refractivity contribution < 1.29 is 9.53 Å². The summed E-state index contributed by atoms with van der Waals surface area (Å²) < 4.78 is 7.60. The normalized spacial score (nSPS) is 15.5. The molecular formula is C22H20N6O2S. The molecule has 1 fully saturated rings. The van der Waals surface area contributed by atoms with Gasteiger partial charge >= 0.3 is 0 Å². The molecule has 4 aromatic rings. The number of rotatable bonds is 2. The third-order valence-electron chi connectivity index (χ3n) is 5.91. The predicted molar refractivity (Wildman–Crippen MR) is 119 cm³/mol. The van der Waals surface area contributed by atoms with Gasteiger partial charge in [-0.05, 0) is 18.2 Å². The van der Waals surface area contributed by atoms with E-state index in [2.05, 4.69) is 26.0 Å². The number of nitrogens with zero attached hydrogens (tertiary/aromatic N) is 6. The van der Waals surface area contributed by atoms with E-state index in [1.807, 2.05) is 36.2 Å². The average molecular weight is 433 g/mol. The second-order valence-electron chi connectivity index (χ2n) is 7.73. The number of hydrogen-bond donors (Lipinski definition) is 0. The molecule has 1 saturated heterocycles. The van der Waals surface area contributed by atoms with Gasteiger partial charge in [-0.1, -0.05) is 12.1 Å².